The lowest BCUT2D eigenvalue weighted by atomic mass is 10.2. The maximum absolute atomic E-state index is 12.2. The maximum atomic E-state index is 12.2. The number of nitrogens with zero attached hydrogens (tertiary/aromatic N) is 4. The minimum absolute atomic E-state index is 0.0197. The molecule has 0 bridgehead atoms. The van der Waals surface area contributed by atoms with Gasteiger partial charge >= 0.3 is 0 Å². The zero-order valence-electron chi connectivity index (χ0n) is 15.9. The number of hydrogen-bond donors (Lipinski definition) is 1. The summed E-state index contributed by atoms with van der Waals surface area (Å²) < 4.78 is 1.56. The Labute approximate surface area is 177 Å². The van der Waals surface area contributed by atoms with E-state index in [1.165, 1.54) is 11.3 Å². The summed E-state index contributed by atoms with van der Waals surface area (Å²) in [5.74, 6) is 0.0197. The molecule has 3 heterocycles. The molecule has 3 aromatic rings. The Bertz CT molecular complexity index is 1040. The van der Waals surface area contributed by atoms with Crippen molar-refractivity contribution in [3.05, 3.63) is 68.5 Å². The second-order valence-corrected chi connectivity index (χ2v) is 8.41. The van der Waals surface area contributed by atoms with Gasteiger partial charge in [-0.2, -0.15) is 0 Å². The fourth-order valence-corrected chi connectivity index (χ4v) is 4.23. The summed E-state index contributed by atoms with van der Waals surface area (Å²) in [5, 5.41) is 5.51. The molecule has 1 saturated heterocycles. The first-order valence-electron chi connectivity index (χ1n) is 9.48. The number of rotatable bonds is 6. The zero-order valence-corrected chi connectivity index (χ0v) is 17.5. The lowest BCUT2D eigenvalue weighted by Gasteiger charge is -2.34. The van der Waals surface area contributed by atoms with Gasteiger partial charge in [0.05, 0.1) is 12.2 Å². The largest absolute Gasteiger partial charge is 0.351 e. The molecule has 1 amide bonds. The standard InChI is InChI=1S/C20H22ClN5O2S/c21-16-3-1-15(2-4-16)12-22-18(27)14-25-7-5-24(6-8-25)13-17-11-19(28)26-9-10-29-20(26)23-17/h1-4,9-11H,5-8,12-14H2,(H,22,27). The SMILES string of the molecule is O=C(CN1CCN(Cc2cc(=O)n3ccsc3n2)CC1)NCc1ccc(Cl)cc1. The van der Waals surface area contributed by atoms with E-state index in [1.807, 2.05) is 29.6 Å². The summed E-state index contributed by atoms with van der Waals surface area (Å²) in [4.78, 5) is 34.0. The molecule has 0 spiro atoms. The average Bonchev–Trinajstić information content (AvgIpc) is 3.18. The van der Waals surface area contributed by atoms with Gasteiger partial charge < -0.3 is 5.32 Å². The molecule has 0 atom stereocenters. The summed E-state index contributed by atoms with van der Waals surface area (Å²) in [6.45, 7) is 4.86. The molecule has 1 aromatic carbocycles. The van der Waals surface area contributed by atoms with Crippen LogP contribution in [0.5, 0.6) is 0 Å². The third-order valence-corrected chi connectivity index (χ3v) is 5.99. The lowest BCUT2D eigenvalue weighted by Crippen LogP contribution is -2.49. The quantitative estimate of drug-likeness (QED) is 0.645. The number of piperazine rings is 1. The normalized spacial score (nSPS) is 15.6. The van der Waals surface area contributed by atoms with Gasteiger partial charge in [0.25, 0.3) is 5.56 Å². The minimum Gasteiger partial charge on any atom is -0.351 e. The number of amides is 1. The van der Waals surface area contributed by atoms with E-state index < -0.39 is 0 Å². The predicted molar refractivity (Wildman–Crippen MR) is 114 cm³/mol. The van der Waals surface area contributed by atoms with Gasteiger partial charge in [0, 0.05) is 61.9 Å². The number of carbonyl (C=O) groups is 1. The molecule has 152 valence electrons. The van der Waals surface area contributed by atoms with Crippen LogP contribution in [0.15, 0.2) is 46.7 Å². The molecule has 7 nitrogen and oxygen atoms in total. The molecule has 1 aliphatic rings. The van der Waals surface area contributed by atoms with Crippen LogP contribution < -0.4 is 10.9 Å². The Morgan fingerprint density at radius 1 is 1.14 bits per heavy atom. The molecular weight excluding hydrogens is 410 g/mol. The van der Waals surface area contributed by atoms with Crippen LogP contribution >= 0.6 is 22.9 Å². The van der Waals surface area contributed by atoms with Crippen molar-refractivity contribution in [3.8, 4) is 0 Å². The molecule has 4 rings (SSSR count). The molecule has 29 heavy (non-hydrogen) atoms. The van der Waals surface area contributed by atoms with Crippen molar-refractivity contribution in [2.24, 2.45) is 0 Å². The van der Waals surface area contributed by atoms with Crippen LogP contribution in [-0.2, 0) is 17.9 Å². The number of fused-ring (bicyclic) bond motifs is 1. The molecule has 1 aliphatic heterocycles. The Hall–Kier alpha value is -2.26. The number of halogens is 1. The zero-order chi connectivity index (χ0) is 20.2. The van der Waals surface area contributed by atoms with Gasteiger partial charge in [-0.15, -0.1) is 11.3 Å². The second kappa shape index (κ2) is 9.04. The van der Waals surface area contributed by atoms with Gasteiger partial charge in [0.2, 0.25) is 5.91 Å². The lowest BCUT2D eigenvalue weighted by molar-refractivity contribution is -0.122. The summed E-state index contributed by atoms with van der Waals surface area (Å²) in [6, 6.07) is 9.07. The Morgan fingerprint density at radius 2 is 1.86 bits per heavy atom. The van der Waals surface area contributed by atoms with Crippen molar-refractivity contribution in [1.82, 2.24) is 24.5 Å². The smallest absolute Gasteiger partial charge is 0.258 e. The molecule has 0 radical (unpaired) electrons. The summed E-state index contributed by atoms with van der Waals surface area (Å²) in [7, 11) is 0. The molecule has 2 aromatic heterocycles. The van der Waals surface area contributed by atoms with E-state index in [-0.39, 0.29) is 11.5 Å². The minimum atomic E-state index is -0.0396. The van der Waals surface area contributed by atoms with Crippen LogP contribution in [0, 0.1) is 0 Å². The first kappa shape index (κ1) is 20.0. The second-order valence-electron chi connectivity index (χ2n) is 7.10. The highest BCUT2D eigenvalue weighted by molar-refractivity contribution is 7.15. The average molecular weight is 432 g/mol. The molecule has 0 aliphatic carbocycles. The van der Waals surface area contributed by atoms with Gasteiger partial charge in [-0.1, -0.05) is 23.7 Å². The molecule has 1 fully saturated rings. The van der Waals surface area contributed by atoms with E-state index in [0.29, 0.717) is 24.7 Å². The Morgan fingerprint density at radius 3 is 2.62 bits per heavy atom. The number of carbonyl (C=O) groups excluding carboxylic acids is 1. The van der Waals surface area contributed by atoms with Gasteiger partial charge in [0.15, 0.2) is 4.96 Å². The van der Waals surface area contributed by atoms with E-state index in [1.54, 1.807) is 16.7 Å². The fraction of sp³-hybridized carbons (Fsp3) is 0.350. The van der Waals surface area contributed by atoms with E-state index in [4.69, 9.17) is 11.6 Å². The van der Waals surface area contributed by atoms with Crippen LogP contribution in [0.4, 0.5) is 0 Å². The van der Waals surface area contributed by atoms with Gasteiger partial charge in [-0.25, -0.2) is 4.98 Å². The molecule has 1 N–H and O–H groups in total. The van der Waals surface area contributed by atoms with Crippen LogP contribution in [0.3, 0.4) is 0 Å². The molecule has 9 heteroatoms. The third-order valence-electron chi connectivity index (χ3n) is 4.98. The van der Waals surface area contributed by atoms with Gasteiger partial charge in [-0.3, -0.25) is 23.8 Å². The van der Waals surface area contributed by atoms with Crippen molar-refractivity contribution in [1.29, 1.82) is 0 Å². The fourth-order valence-electron chi connectivity index (χ4n) is 3.37. The highest BCUT2D eigenvalue weighted by atomic mass is 35.5. The van der Waals surface area contributed by atoms with E-state index in [9.17, 15) is 9.59 Å². The van der Waals surface area contributed by atoms with Gasteiger partial charge in [-0.05, 0) is 17.7 Å². The first-order valence-corrected chi connectivity index (χ1v) is 10.7. The maximum Gasteiger partial charge on any atom is 0.258 e. The van der Waals surface area contributed by atoms with Crippen LogP contribution in [-0.4, -0.2) is 57.8 Å². The number of hydrogen-bond acceptors (Lipinski definition) is 6. The summed E-state index contributed by atoms with van der Waals surface area (Å²) in [5.41, 5.74) is 1.78. The van der Waals surface area contributed by atoms with Crippen LogP contribution in [0.2, 0.25) is 5.02 Å². The van der Waals surface area contributed by atoms with Gasteiger partial charge in [0.1, 0.15) is 0 Å². The molecule has 0 unspecified atom stereocenters. The van der Waals surface area contributed by atoms with E-state index in [0.717, 1.165) is 42.4 Å². The topological polar surface area (TPSA) is 70.0 Å². The highest BCUT2D eigenvalue weighted by Crippen LogP contribution is 2.11. The summed E-state index contributed by atoms with van der Waals surface area (Å²) in [6.07, 6.45) is 1.75. The third kappa shape index (κ3) is 5.22. The summed E-state index contributed by atoms with van der Waals surface area (Å²) >= 11 is 7.34. The predicted octanol–water partition coefficient (Wildman–Crippen LogP) is 1.84. The van der Waals surface area contributed by atoms with Crippen molar-refractivity contribution in [2.75, 3.05) is 32.7 Å². The van der Waals surface area contributed by atoms with Crippen molar-refractivity contribution in [2.45, 2.75) is 13.1 Å². The van der Waals surface area contributed by atoms with E-state index in [2.05, 4.69) is 20.1 Å². The van der Waals surface area contributed by atoms with E-state index >= 15 is 0 Å². The first-order chi connectivity index (χ1) is 14.1. The Balaban J connectivity index is 1.23. The highest BCUT2D eigenvalue weighted by Gasteiger charge is 2.19. The Kier molecular flexibility index (Phi) is 6.25. The van der Waals surface area contributed by atoms with Crippen molar-refractivity contribution < 1.29 is 4.79 Å². The number of aromatic nitrogens is 2. The van der Waals surface area contributed by atoms with Crippen molar-refractivity contribution >= 4 is 33.8 Å². The van der Waals surface area contributed by atoms with Crippen LogP contribution in [0.1, 0.15) is 11.3 Å². The number of benzene rings is 1. The molecular formula is C20H22ClN5O2S. The monoisotopic (exact) mass is 431 g/mol. The van der Waals surface area contributed by atoms with Crippen LogP contribution in [0.25, 0.3) is 4.96 Å². The molecule has 0 saturated carbocycles. The van der Waals surface area contributed by atoms with Crippen molar-refractivity contribution in [3.63, 3.8) is 0 Å². The number of nitrogens with one attached hydrogen (secondary N) is 1. The number of thiazole rings is 1.